The topological polar surface area (TPSA) is 56.3 Å². The van der Waals surface area contributed by atoms with Crippen LogP contribution in [0, 0.1) is 11.6 Å². The molecule has 4 nitrogen and oxygen atoms in total. The maximum atomic E-state index is 15.4. The highest BCUT2D eigenvalue weighted by Gasteiger charge is 2.39. The second kappa shape index (κ2) is 8.61. The number of aliphatic carboxylic acids is 1. The van der Waals surface area contributed by atoms with Crippen LogP contribution in [0.4, 0.5) is 8.78 Å². The molecule has 166 valence electrons. The van der Waals surface area contributed by atoms with E-state index in [-0.39, 0.29) is 17.2 Å². The van der Waals surface area contributed by atoms with Crippen molar-refractivity contribution in [2.45, 2.75) is 45.2 Å². The Balaban J connectivity index is 1.95. The first kappa shape index (κ1) is 21.8. The Morgan fingerprint density at radius 3 is 2.56 bits per heavy atom. The van der Waals surface area contributed by atoms with Gasteiger partial charge in [0.25, 0.3) is 0 Å². The van der Waals surface area contributed by atoms with Gasteiger partial charge in [-0.05, 0) is 54.7 Å². The van der Waals surface area contributed by atoms with E-state index >= 15 is 8.78 Å². The van der Waals surface area contributed by atoms with Crippen LogP contribution in [-0.2, 0) is 11.2 Å². The van der Waals surface area contributed by atoms with Crippen molar-refractivity contribution in [2.75, 3.05) is 0 Å². The lowest BCUT2D eigenvalue weighted by Crippen LogP contribution is -2.43. The van der Waals surface area contributed by atoms with Gasteiger partial charge in [-0.1, -0.05) is 38.6 Å². The molecule has 4 rings (SSSR count). The number of carboxylic acid groups (broad SMARTS) is 1. The summed E-state index contributed by atoms with van der Waals surface area (Å²) < 4.78 is 30.9. The van der Waals surface area contributed by atoms with Gasteiger partial charge in [-0.2, -0.15) is 0 Å². The molecule has 0 bridgehead atoms. The number of H-pyrrole nitrogens is 1. The molecule has 0 fully saturated rings. The Morgan fingerprint density at radius 2 is 1.94 bits per heavy atom. The zero-order valence-electron chi connectivity index (χ0n) is 18.2. The number of aromatic amines is 1. The zero-order chi connectivity index (χ0) is 23.0. The van der Waals surface area contributed by atoms with Crippen molar-refractivity contribution in [3.63, 3.8) is 0 Å². The first-order chi connectivity index (χ1) is 15.3. The van der Waals surface area contributed by atoms with Crippen LogP contribution in [0.5, 0.6) is 0 Å². The average Bonchev–Trinajstić information content (AvgIpc) is 3.14. The number of carbonyl (C=O) groups is 1. The Hall–Kier alpha value is -3.41. The highest BCUT2D eigenvalue weighted by atomic mass is 19.1. The molecule has 2 N–H and O–H groups in total. The number of fused-ring (bicyclic) bond motifs is 3. The van der Waals surface area contributed by atoms with Crippen LogP contribution in [0.1, 0.15) is 55.1 Å². The van der Waals surface area contributed by atoms with Crippen molar-refractivity contribution in [2.24, 2.45) is 0 Å². The summed E-state index contributed by atoms with van der Waals surface area (Å²) in [4.78, 5) is 16.3. The molecule has 2 heterocycles. The lowest BCUT2D eigenvalue weighted by atomic mass is 9.85. The van der Waals surface area contributed by atoms with Gasteiger partial charge in [0.2, 0.25) is 0 Å². The van der Waals surface area contributed by atoms with Gasteiger partial charge in [0, 0.05) is 34.4 Å². The summed E-state index contributed by atoms with van der Waals surface area (Å²) in [5, 5.41) is 9.90. The molecule has 1 aliphatic rings. The molecule has 0 aliphatic carbocycles. The van der Waals surface area contributed by atoms with E-state index in [0.29, 0.717) is 6.42 Å². The summed E-state index contributed by atoms with van der Waals surface area (Å²) in [6.45, 7) is 8.27. The van der Waals surface area contributed by atoms with Crippen LogP contribution in [0.25, 0.3) is 17.0 Å². The van der Waals surface area contributed by atoms with Crippen molar-refractivity contribution in [3.05, 3.63) is 88.8 Å². The number of halogens is 2. The summed E-state index contributed by atoms with van der Waals surface area (Å²) in [5.74, 6) is -2.60. The molecule has 2 atom stereocenters. The minimum absolute atomic E-state index is 0.0459. The number of aromatic nitrogens is 1. The smallest absolute Gasteiger partial charge is 0.328 e. The van der Waals surface area contributed by atoms with Gasteiger partial charge in [0.1, 0.15) is 17.7 Å². The van der Waals surface area contributed by atoms with E-state index in [1.165, 1.54) is 18.2 Å². The second-order valence-electron chi connectivity index (χ2n) is 8.13. The van der Waals surface area contributed by atoms with Crippen molar-refractivity contribution in [1.29, 1.82) is 0 Å². The molecule has 0 saturated carbocycles. The number of para-hydroxylation sites is 1. The fourth-order valence-electron chi connectivity index (χ4n) is 4.73. The molecule has 0 amide bonds. The molecular formula is C26H26F2N2O2. The Bertz CT molecular complexity index is 1200. The lowest BCUT2D eigenvalue weighted by Gasteiger charge is -2.45. The van der Waals surface area contributed by atoms with E-state index in [2.05, 4.69) is 18.5 Å². The number of allylic oxidation sites excluding steroid dienone is 1. The molecule has 3 aromatic rings. The molecule has 0 spiro atoms. The second-order valence-corrected chi connectivity index (χ2v) is 8.13. The normalized spacial score (nSPS) is 18.3. The Morgan fingerprint density at radius 1 is 1.25 bits per heavy atom. The first-order valence-electron chi connectivity index (χ1n) is 10.8. The molecule has 2 unspecified atom stereocenters. The van der Waals surface area contributed by atoms with Crippen LogP contribution in [0.15, 0.2) is 54.8 Å². The van der Waals surface area contributed by atoms with Gasteiger partial charge in [0.05, 0.1) is 5.56 Å². The highest BCUT2D eigenvalue weighted by Crippen LogP contribution is 2.45. The Kier molecular flexibility index (Phi) is 5.87. The van der Waals surface area contributed by atoms with Crippen LogP contribution in [-0.4, -0.2) is 27.0 Å². The van der Waals surface area contributed by atoms with Gasteiger partial charge in [-0.3, -0.25) is 0 Å². The average molecular weight is 437 g/mol. The molecule has 2 aromatic carbocycles. The lowest BCUT2D eigenvalue weighted by molar-refractivity contribution is -0.131. The fraction of sp³-hybridized carbons (Fsp3) is 0.269. The molecule has 0 saturated heterocycles. The van der Waals surface area contributed by atoms with Crippen LogP contribution in [0.3, 0.4) is 0 Å². The maximum Gasteiger partial charge on any atom is 0.328 e. The molecule has 0 radical (unpaired) electrons. The summed E-state index contributed by atoms with van der Waals surface area (Å²) in [5.41, 5.74) is 3.70. The highest BCUT2D eigenvalue weighted by molar-refractivity contribution is 5.86. The summed E-state index contributed by atoms with van der Waals surface area (Å²) in [6.07, 6.45) is 4.27. The van der Waals surface area contributed by atoms with E-state index < -0.39 is 23.6 Å². The van der Waals surface area contributed by atoms with E-state index in [4.69, 9.17) is 5.11 Å². The van der Waals surface area contributed by atoms with Gasteiger partial charge in [-0.15, -0.1) is 0 Å². The van der Waals surface area contributed by atoms with Crippen molar-refractivity contribution in [3.8, 4) is 0 Å². The number of rotatable bonds is 6. The standard InChI is InChI=1S/C26H26F2N2O2/c1-4-15(3)30-17(5-2)14-19-18-8-6-7-9-22(18)29-25(19)26(30)24-20(27)12-16(13-21(24)28)10-11-23(31)32/h6-13,17,26,29H,3-5,14H2,1-2H3,(H,31,32)/b11-10+. The third-order valence-corrected chi connectivity index (χ3v) is 6.27. The summed E-state index contributed by atoms with van der Waals surface area (Å²) in [6, 6.07) is 9.62. The van der Waals surface area contributed by atoms with Crippen LogP contribution >= 0.6 is 0 Å². The fourth-order valence-corrected chi connectivity index (χ4v) is 4.73. The quantitative estimate of drug-likeness (QED) is 0.453. The van der Waals surface area contributed by atoms with Gasteiger partial charge in [-0.25, -0.2) is 13.6 Å². The molecule has 32 heavy (non-hydrogen) atoms. The predicted octanol–water partition coefficient (Wildman–Crippen LogP) is 6.19. The van der Waals surface area contributed by atoms with Crippen molar-refractivity contribution >= 4 is 22.9 Å². The predicted molar refractivity (Wildman–Crippen MR) is 122 cm³/mol. The third kappa shape index (κ3) is 3.70. The number of hydrogen-bond acceptors (Lipinski definition) is 2. The number of nitrogens with one attached hydrogen (secondary N) is 1. The van der Waals surface area contributed by atoms with Crippen LogP contribution < -0.4 is 0 Å². The molecule has 6 heteroatoms. The first-order valence-corrected chi connectivity index (χ1v) is 10.8. The van der Waals surface area contributed by atoms with E-state index in [0.717, 1.165) is 46.8 Å². The molecular weight excluding hydrogens is 410 g/mol. The number of nitrogens with zero attached hydrogens (tertiary/aromatic N) is 1. The van der Waals surface area contributed by atoms with Gasteiger partial charge in [0.15, 0.2) is 0 Å². The SMILES string of the molecule is C=C(CC)N1C(CC)Cc2c([nH]c3ccccc23)C1c1c(F)cc(/C=C/C(=O)O)cc1F. The minimum atomic E-state index is -1.18. The van der Waals surface area contributed by atoms with Gasteiger partial charge >= 0.3 is 5.97 Å². The van der Waals surface area contributed by atoms with E-state index in [1.807, 2.05) is 36.1 Å². The third-order valence-electron chi connectivity index (χ3n) is 6.27. The van der Waals surface area contributed by atoms with Crippen molar-refractivity contribution < 1.29 is 18.7 Å². The Labute approximate surface area is 185 Å². The molecule has 1 aliphatic heterocycles. The van der Waals surface area contributed by atoms with Gasteiger partial charge < -0.3 is 15.0 Å². The number of hydrogen-bond donors (Lipinski definition) is 2. The zero-order valence-corrected chi connectivity index (χ0v) is 18.2. The monoisotopic (exact) mass is 436 g/mol. The largest absolute Gasteiger partial charge is 0.478 e. The maximum absolute atomic E-state index is 15.4. The summed E-state index contributed by atoms with van der Waals surface area (Å²) in [7, 11) is 0. The van der Waals surface area contributed by atoms with Crippen LogP contribution in [0.2, 0.25) is 0 Å². The number of benzene rings is 2. The minimum Gasteiger partial charge on any atom is -0.478 e. The number of carboxylic acids is 1. The molecule has 1 aromatic heterocycles. The van der Waals surface area contributed by atoms with E-state index in [9.17, 15) is 4.79 Å². The van der Waals surface area contributed by atoms with Crippen molar-refractivity contribution in [1.82, 2.24) is 9.88 Å². The summed E-state index contributed by atoms with van der Waals surface area (Å²) >= 11 is 0. The van der Waals surface area contributed by atoms with E-state index in [1.54, 1.807) is 0 Å².